The molecule has 1 heterocycles. The number of urea groups is 1. The summed E-state index contributed by atoms with van der Waals surface area (Å²) >= 11 is 0. The number of nitrogens with one attached hydrogen (secondary N) is 2. The van der Waals surface area contributed by atoms with E-state index >= 15 is 0 Å². The Hall–Kier alpha value is -2.11. The van der Waals surface area contributed by atoms with Crippen molar-refractivity contribution in [2.75, 3.05) is 5.32 Å². The molecule has 19 heavy (non-hydrogen) atoms. The van der Waals surface area contributed by atoms with Crippen molar-refractivity contribution in [1.82, 2.24) is 10.3 Å². The van der Waals surface area contributed by atoms with E-state index < -0.39 is 17.5 Å². The number of hydrogen-bond acceptors (Lipinski definition) is 3. The molecule has 1 fully saturated rings. The molecule has 2 amide bonds. The Morgan fingerprint density at radius 1 is 1.32 bits per heavy atom. The van der Waals surface area contributed by atoms with Crippen molar-refractivity contribution < 1.29 is 14.7 Å². The van der Waals surface area contributed by atoms with E-state index in [1.807, 2.05) is 6.92 Å². The largest absolute Gasteiger partial charge is 0.480 e. The Morgan fingerprint density at radius 2 is 2.00 bits per heavy atom. The maximum absolute atomic E-state index is 11.8. The predicted molar refractivity (Wildman–Crippen MR) is 70.1 cm³/mol. The number of nitrogens with zero attached hydrogens (tertiary/aromatic N) is 1. The molecule has 0 aliphatic heterocycles. The van der Waals surface area contributed by atoms with E-state index in [0.717, 1.165) is 12.1 Å². The summed E-state index contributed by atoms with van der Waals surface area (Å²) < 4.78 is 0. The molecule has 3 N–H and O–H groups in total. The fraction of sp³-hybridized carbons (Fsp3) is 0.462. The van der Waals surface area contributed by atoms with Gasteiger partial charge in [-0.15, -0.1) is 0 Å². The normalized spacial score (nSPS) is 16.3. The third kappa shape index (κ3) is 2.67. The zero-order chi connectivity index (χ0) is 14.0. The van der Waals surface area contributed by atoms with Crippen LogP contribution in [0.4, 0.5) is 10.5 Å². The molecule has 0 radical (unpaired) electrons. The standard InChI is InChI=1S/C13H17N3O3/c1-8-4-5-10(9(2)14-8)15-12(19)16-13(11(17)18)6-3-7-13/h4-5H,3,6-7H2,1-2H3,(H,17,18)(H2,15,16,19). The Balaban J connectivity index is 2.03. The van der Waals surface area contributed by atoms with Gasteiger partial charge in [0.05, 0.1) is 11.4 Å². The second kappa shape index (κ2) is 4.87. The summed E-state index contributed by atoms with van der Waals surface area (Å²) in [6.45, 7) is 3.66. The summed E-state index contributed by atoms with van der Waals surface area (Å²) in [6, 6.07) is 3.04. The summed E-state index contributed by atoms with van der Waals surface area (Å²) in [5, 5.41) is 14.3. The summed E-state index contributed by atoms with van der Waals surface area (Å²) in [6.07, 6.45) is 1.76. The molecule has 102 valence electrons. The monoisotopic (exact) mass is 263 g/mol. The number of aliphatic carboxylic acids is 1. The quantitative estimate of drug-likeness (QED) is 0.775. The Bertz CT molecular complexity index is 524. The van der Waals surface area contributed by atoms with E-state index in [1.54, 1.807) is 19.1 Å². The molecular weight excluding hydrogens is 246 g/mol. The van der Waals surface area contributed by atoms with E-state index in [-0.39, 0.29) is 0 Å². The number of hydrogen-bond donors (Lipinski definition) is 3. The topological polar surface area (TPSA) is 91.3 Å². The molecule has 1 saturated carbocycles. The van der Waals surface area contributed by atoms with E-state index in [4.69, 9.17) is 5.11 Å². The Kier molecular flexibility index (Phi) is 3.42. The molecule has 2 rings (SSSR count). The average molecular weight is 263 g/mol. The number of carboxylic acid groups (broad SMARTS) is 1. The van der Waals surface area contributed by atoms with Gasteiger partial charge in [0.1, 0.15) is 5.54 Å². The van der Waals surface area contributed by atoms with E-state index in [0.29, 0.717) is 24.2 Å². The number of carbonyl (C=O) groups excluding carboxylic acids is 1. The van der Waals surface area contributed by atoms with Gasteiger partial charge in [0.2, 0.25) is 0 Å². The molecule has 6 heteroatoms. The SMILES string of the molecule is Cc1ccc(NC(=O)NC2(C(=O)O)CCC2)c(C)n1. The molecule has 0 atom stereocenters. The van der Waals surface area contributed by atoms with Crippen LogP contribution in [0, 0.1) is 13.8 Å². The lowest BCUT2D eigenvalue weighted by Gasteiger charge is -2.38. The third-order valence-electron chi connectivity index (χ3n) is 3.44. The van der Waals surface area contributed by atoms with E-state index in [2.05, 4.69) is 15.6 Å². The van der Waals surface area contributed by atoms with Gasteiger partial charge < -0.3 is 15.7 Å². The predicted octanol–water partition coefficient (Wildman–Crippen LogP) is 1.83. The molecule has 0 aromatic carbocycles. The van der Waals surface area contributed by atoms with Gasteiger partial charge in [-0.2, -0.15) is 0 Å². The van der Waals surface area contributed by atoms with Gasteiger partial charge in [-0.25, -0.2) is 9.59 Å². The molecule has 6 nitrogen and oxygen atoms in total. The lowest BCUT2D eigenvalue weighted by atomic mass is 9.77. The van der Waals surface area contributed by atoms with Crippen LogP contribution in [0.1, 0.15) is 30.7 Å². The van der Waals surface area contributed by atoms with Gasteiger partial charge in [0, 0.05) is 5.69 Å². The minimum atomic E-state index is -1.10. The molecule has 1 aliphatic rings. The van der Waals surface area contributed by atoms with Crippen molar-refractivity contribution in [3.05, 3.63) is 23.5 Å². The van der Waals surface area contributed by atoms with Gasteiger partial charge in [-0.05, 0) is 45.2 Å². The van der Waals surface area contributed by atoms with Crippen molar-refractivity contribution in [2.24, 2.45) is 0 Å². The van der Waals surface area contributed by atoms with Crippen molar-refractivity contribution in [1.29, 1.82) is 0 Å². The fourth-order valence-electron chi connectivity index (χ4n) is 2.11. The van der Waals surface area contributed by atoms with Crippen LogP contribution in [0.15, 0.2) is 12.1 Å². The van der Waals surface area contributed by atoms with Crippen LogP contribution in [0.2, 0.25) is 0 Å². The van der Waals surface area contributed by atoms with Crippen molar-refractivity contribution >= 4 is 17.7 Å². The summed E-state index contributed by atoms with van der Waals surface area (Å²) in [5.74, 6) is -0.979. The number of amides is 2. The number of anilines is 1. The molecule has 0 spiro atoms. The number of aromatic nitrogens is 1. The lowest BCUT2D eigenvalue weighted by molar-refractivity contribution is -0.148. The van der Waals surface area contributed by atoms with Crippen LogP contribution >= 0.6 is 0 Å². The first-order valence-electron chi connectivity index (χ1n) is 6.20. The first-order valence-corrected chi connectivity index (χ1v) is 6.20. The number of carboxylic acids is 1. The Labute approximate surface area is 111 Å². The first kappa shape index (κ1) is 13.3. The minimum absolute atomic E-state index is 0.473. The van der Waals surface area contributed by atoms with Crippen LogP contribution in [0.5, 0.6) is 0 Å². The molecule has 0 unspecified atom stereocenters. The molecular formula is C13H17N3O3. The van der Waals surface area contributed by atoms with Crippen LogP contribution in [0.3, 0.4) is 0 Å². The maximum atomic E-state index is 11.8. The molecule has 1 aromatic rings. The van der Waals surface area contributed by atoms with E-state index in [9.17, 15) is 9.59 Å². The fourth-order valence-corrected chi connectivity index (χ4v) is 2.11. The number of carbonyl (C=O) groups is 2. The molecule has 1 aliphatic carbocycles. The van der Waals surface area contributed by atoms with Crippen molar-refractivity contribution in [3.63, 3.8) is 0 Å². The van der Waals surface area contributed by atoms with Crippen LogP contribution in [0.25, 0.3) is 0 Å². The van der Waals surface area contributed by atoms with Gasteiger partial charge in [0.25, 0.3) is 0 Å². The Morgan fingerprint density at radius 3 is 2.47 bits per heavy atom. The van der Waals surface area contributed by atoms with Gasteiger partial charge in [0.15, 0.2) is 0 Å². The molecule has 0 bridgehead atoms. The number of rotatable bonds is 3. The molecule has 0 saturated heterocycles. The lowest BCUT2D eigenvalue weighted by Crippen LogP contribution is -2.60. The third-order valence-corrected chi connectivity index (χ3v) is 3.44. The second-order valence-electron chi connectivity index (χ2n) is 4.91. The highest BCUT2D eigenvalue weighted by Crippen LogP contribution is 2.32. The highest BCUT2D eigenvalue weighted by Gasteiger charge is 2.45. The van der Waals surface area contributed by atoms with Gasteiger partial charge in [-0.3, -0.25) is 4.98 Å². The van der Waals surface area contributed by atoms with Crippen LogP contribution < -0.4 is 10.6 Å². The van der Waals surface area contributed by atoms with Crippen molar-refractivity contribution in [2.45, 2.75) is 38.6 Å². The minimum Gasteiger partial charge on any atom is -0.480 e. The first-order chi connectivity index (χ1) is 8.93. The van der Waals surface area contributed by atoms with E-state index in [1.165, 1.54) is 0 Å². The van der Waals surface area contributed by atoms with Crippen molar-refractivity contribution in [3.8, 4) is 0 Å². The highest BCUT2D eigenvalue weighted by molar-refractivity contribution is 5.94. The maximum Gasteiger partial charge on any atom is 0.329 e. The second-order valence-corrected chi connectivity index (χ2v) is 4.91. The van der Waals surface area contributed by atoms with Crippen LogP contribution in [-0.4, -0.2) is 27.6 Å². The van der Waals surface area contributed by atoms with Crippen LogP contribution in [-0.2, 0) is 4.79 Å². The summed E-state index contributed by atoms with van der Waals surface area (Å²) in [7, 11) is 0. The smallest absolute Gasteiger partial charge is 0.329 e. The summed E-state index contributed by atoms with van der Waals surface area (Å²) in [5.41, 5.74) is 1.05. The average Bonchev–Trinajstić information content (AvgIpc) is 2.27. The van der Waals surface area contributed by atoms with Gasteiger partial charge >= 0.3 is 12.0 Å². The zero-order valence-corrected chi connectivity index (χ0v) is 11.0. The molecule has 1 aromatic heterocycles. The zero-order valence-electron chi connectivity index (χ0n) is 11.0. The van der Waals surface area contributed by atoms with Gasteiger partial charge in [-0.1, -0.05) is 0 Å². The highest BCUT2D eigenvalue weighted by atomic mass is 16.4. The summed E-state index contributed by atoms with van der Waals surface area (Å²) in [4.78, 5) is 27.2. The number of aryl methyl sites for hydroxylation is 2. The number of pyridine rings is 1.